The topological polar surface area (TPSA) is 51.0 Å². The van der Waals surface area contributed by atoms with Gasteiger partial charge in [-0.25, -0.2) is 0 Å². The quantitative estimate of drug-likeness (QED) is 0.558. The third kappa shape index (κ3) is 5.41. The molecule has 2 aliphatic heterocycles. The summed E-state index contributed by atoms with van der Waals surface area (Å²) in [6.07, 6.45) is 6.20. The van der Waals surface area contributed by atoms with E-state index in [2.05, 4.69) is 47.0 Å². The highest BCUT2D eigenvalue weighted by Crippen LogP contribution is 2.49. The van der Waals surface area contributed by atoms with Gasteiger partial charge in [0, 0.05) is 24.0 Å². The Hall–Kier alpha value is -0.750. The van der Waals surface area contributed by atoms with Crippen LogP contribution in [0.5, 0.6) is 0 Å². The van der Waals surface area contributed by atoms with E-state index in [0.29, 0.717) is 5.75 Å². The number of nitrogens with zero attached hydrogens (tertiary/aromatic N) is 2. The Kier molecular flexibility index (Phi) is 6.33. The minimum absolute atomic E-state index is 0.0486. The van der Waals surface area contributed by atoms with Crippen LogP contribution in [0.1, 0.15) is 68.2 Å². The van der Waals surface area contributed by atoms with E-state index < -0.39 is 5.60 Å². The summed E-state index contributed by atoms with van der Waals surface area (Å²) in [5, 5.41) is 2.21. The summed E-state index contributed by atoms with van der Waals surface area (Å²) in [5.41, 5.74) is 0.390. The fraction of sp³-hybridized carbons (Fsp3) is 0.762. The molecule has 27 heavy (non-hydrogen) atoms. The predicted octanol–water partition coefficient (Wildman–Crippen LogP) is 5.72. The van der Waals surface area contributed by atoms with E-state index >= 15 is 0 Å². The second-order valence-corrected chi connectivity index (χ2v) is 11.8. The molecule has 0 spiro atoms. The highest BCUT2D eigenvalue weighted by atomic mass is 32.2. The minimum atomic E-state index is -0.449. The molecule has 0 amide bonds. The number of ether oxygens (including phenoxy) is 1. The maximum absolute atomic E-state index is 12.0. The molecule has 0 aromatic rings. The molecule has 0 aromatic heterocycles. The molecule has 1 unspecified atom stereocenters. The summed E-state index contributed by atoms with van der Waals surface area (Å²) in [4.78, 5) is 21.9. The van der Waals surface area contributed by atoms with Crippen LogP contribution in [0.3, 0.4) is 0 Å². The van der Waals surface area contributed by atoms with Gasteiger partial charge < -0.3 is 4.74 Å². The van der Waals surface area contributed by atoms with Crippen molar-refractivity contribution in [2.45, 2.75) is 79.4 Å². The Labute approximate surface area is 173 Å². The smallest absolute Gasteiger partial charge is 0.316 e. The van der Waals surface area contributed by atoms with E-state index in [1.165, 1.54) is 16.8 Å². The lowest BCUT2D eigenvalue weighted by molar-refractivity contribution is -0.151. The van der Waals surface area contributed by atoms with Gasteiger partial charge >= 0.3 is 5.97 Å². The molecule has 2 rings (SSSR count). The van der Waals surface area contributed by atoms with Crippen LogP contribution >= 0.6 is 23.5 Å². The molecule has 0 radical (unpaired) electrons. The van der Waals surface area contributed by atoms with Crippen molar-refractivity contribution in [3.63, 3.8) is 0 Å². The molecule has 0 N–H and O–H groups in total. The number of allylic oxidation sites excluding steroid dienone is 1. The van der Waals surface area contributed by atoms with E-state index in [-0.39, 0.29) is 22.3 Å². The third-order valence-electron chi connectivity index (χ3n) is 5.28. The third-order valence-corrected chi connectivity index (χ3v) is 6.94. The van der Waals surface area contributed by atoms with Crippen LogP contribution in [0.25, 0.3) is 0 Å². The number of rotatable bonds is 3. The van der Waals surface area contributed by atoms with Gasteiger partial charge in [0.25, 0.3) is 0 Å². The van der Waals surface area contributed by atoms with Gasteiger partial charge in [-0.05, 0) is 45.4 Å². The first-order chi connectivity index (χ1) is 12.2. The van der Waals surface area contributed by atoms with Crippen LogP contribution < -0.4 is 0 Å². The van der Waals surface area contributed by atoms with Crippen molar-refractivity contribution < 1.29 is 9.53 Å². The van der Waals surface area contributed by atoms with Crippen molar-refractivity contribution in [3.05, 3.63) is 11.8 Å². The summed E-state index contributed by atoms with van der Waals surface area (Å²) in [6.45, 7) is 16.9. The van der Waals surface area contributed by atoms with Gasteiger partial charge in [-0.1, -0.05) is 39.5 Å². The number of thioether (sulfide) groups is 2. The Morgan fingerprint density at radius 1 is 1.15 bits per heavy atom. The molecule has 0 bridgehead atoms. The van der Waals surface area contributed by atoms with E-state index in [1.807, 2.05) is 20.8 Å². The van der Waals surface area contributed by atoms with E-state index in [0.717, 1.165) is 23.6 Å². The molecule has 2 heterocycles. The molecule has 0 saturated carbocycles. The molecule has 0 saturated heterocycles. The Morgan fingerprint density at radius 2 is 1.78 bits per heavy atom. The van der Waals surface area contributed by atoms with Crippen LogP contribution in [0.4, 0.5) is 0 Å². The molecule has 152 valence electrons. The highest BCUT2D eigenvalue weighted by molar-refractivity contribution is 8.14. The van der Waals surface area contributed by atoms with Gasteiger partial charge in [-0.2, -0.15) is 0 Å². The lowest BCUT2D eigenvalue weighted by Gasteiger charge is -2.35. The summed E-state index contributed by atoms with van der Waals surface area (Å²) >= 11 is 3.24. The van der Waals surface area contributed by atoms with Crippen LogP contribution in [0, 0.1) is 10.8 Å². The lowest BCUT2D eigenvalue weighted by atomic mass is 9.72. The molecule has 4 nitrogen and oxygen atoms in total. The van der Waals surface area contributed by atoms with Crippen molar-refractivity contribution in [2.24, 2.45) is 20.8 Å². The number of carbonyl (C=O) groups excluding carboxylic acids is 1. The van der Waals surface area contributed by atoms with Crippen molar-refractivity contribution in [2.75, 3.05) is 12.0 Å². The van der Waals surface area contributed by atoms with E-state index in [1.54, 1.807) is 11.8 Å². The van der Waals surface area contributed by atoms with Gasteiger partial charge in [0.1, 0.15) is 5.60 Å². The highest BCUT2D eigenvalue weighted by Gasteiger charge is 2.46. The molecule has 0 fully saturated rings. The maximum Gasteiger partial charge on any atom is 0.316 e. The first-order valence-corrected chi connectivity index (χ1v) is 11.7. The molecule has 0 aromatic carbocycles. The Balaban J connectivity index is 2.18. The molecule has 6 heteroatoms. The fourth-order valence-electron chi connectivity index (χ4n) is 3.24. The second-order valence-electron chi connectivity index (χ2n) is 9.89. The van der Waals surface area contributed by atoms with Crippen molar-refractivity contribution in [3.8, 4) is 0 Å². The van der Waals surface area contributed by atoms with Crippen LogP contribution in [0.15, 0.2) is 21.8 Å². The number of carbonyl (C=O) groups is 1. The standard InChI is InChI=1S/C21H34N2O2S2/c1-18(2,3)25-17(24)13-27-15-11-19(4,5)14(22-15)10-21(8)20(6,7)12-16(23-21)26-9/h10H,11-13H2,1-9H3/b14-10-. The summed E-state index contributed by atoms with van der Waals surface area (Å²) < 4.78 is 5.40. The predicted molar refractivity (Wildman–Crippen MR) is 120 cm³/mol. The largest absolute Gasteiger partial charge is 0.459 e. The molecular weight excluding hydrogens is 376 g/mol. The first-order valence-electron chi connectivity index (χ1n) is 9.46. The van der Waals surface area contributed by atoms with Crippen LogP contribution in [-0.4, -0.2) is 39.2 Å². The van der Waals surface area contributed by atoms with Crippen LogP contribution in [-0.2, 0) is 9.53 Å². The zero-order valence-electron chi connectivity index (χ0n) is 18.2. The number of esters is 1. The lowest BCUT2D eigenvalue weighted by Crippen LogP contribution is -2.35. The maximum atomic E-state index is 12.0. The number of hydrogen-bond donors (Lipinski definition) is 0. The van der Waals surface area contributed by atoms with Gasteiger partial charge in [0.15, 0.2) is 0 Å². The van der Waals surface area contributed by atoms with Crippen LogP contribution in [0.2, 0.25) is 0 Å². The molecule has 0 aliphatic carbocycles. The molecule has 1 atom stereocenters. The van der Waals surface area contributed by atoms with Gasteiger partial charge in [-0.3, -0.25) is 14.8 Å². The SMILES string of the molecule is CSC1=NC(C)(/C=C2\N=C(SCC(=O)OC(C)(C)C)CC2(C)C)C(C)(C)C1. The minimum Gasteiger partial charge on any atom is -0.459 e. The monoisotopic (exact) mass is 410 g/mol. The van der Waals surface area contributed by atoms with Crippen molar-refractivity contribution in [1.29, 1.82) is 0 Å². The van der Waals surface area contributed by atoms with E-state index in [9.17, 15) is 4.79 Å². The fourth-order valence-corrected chi connectivity index (χ4v) is 4.99. The average molecular weight is 411 g/mol. The van der Waals surface area contributed by atoms with Gasteiger partial charge in [0.05, 0.1) is 21.4 Å². The summed E-state index contributed by atoms with van der Waals surface area (Å²) in [5.74, 6) is 0.111. The first kappa shape index (κ1) is 22.5. The normalized spacial score (nSPS) is 28.3. The van der Waals surface area contributed by atoms with E-state index in [4.69, 9.17) is 14.7 Å². The second kappa shape index (κ2) is 7.58. The zero-order chi connectivity index (χ0) is 20.7. The Morgan fingerprint density at radius 3 is 2.30 bits per heavy atom. The summed E-state index contributed by atoms with van der Waals surface area (Å²) in [7, 11) is 0. The number of aliphatic imine (C=N–C) groups is 2. The number of hydrogen-bond acceptors (Lipinski definition) is 6. The zero-order valence-corrected chi connectivity index (χ0v) is 19.9. The van der Waals surface area contributed by atoms with Gasteiger partial charge in [-0.15, -0.1) is 11.8 Å². The molecular formula is C21H34N2O2S2. The average Bonchev–Trinajstić information content (AvgIpc) is 2.88. The molecule has 2 aliphatic rings. The Bertz CT molecular complexity index is 699. The van der Waals surface area contributed by atoms with Gasteiger partial charge in [0.2, 0.25) is 0 Å². The van der Waals surface area contributed by atoms with Crippen molar-refractivity contribution in [1.82, 2.24) is 0 Å². The van der Waals surface area contributed by atoms with Crippen molar-refractivity contribution >= 4 is 39.6 Å². The summed E-state index contributed by atoms with van der Waals surface area (Å²) in [6, 6.07) is 0.